The largest absolute Gasteiger partial charge is 0.495 e. The number of nitrogens with zero attached hydrogens (tertiary/aromatic N) is 2. The first-order valence-electron chi connectivity index (χ1n) is 10.4. The summed E-state index contributed by atoms with van der Waals surface area (Å²) in [6.45, 7) is 2.41. The van der Waals surface area contributed by atoms with Crippen LogP contribution in [0, 0.1) is 0 Å². The quantitative estimate of drug-likeness (QED) is 0.413. The van der Waals surface area contributed by atoms with Crippen LogP contribution in [0.15, 0.2) is 65.5 Å². The van der Waals surface area contributed by atoms with Crippen LogP contribution in [0.1, 0.15) is 17.4 Å². The minimum absolute atomic E-state index is 0.0677. The van der Waals surface area contributed by atoms with Gasteiger partial charge in [0, 0.05) is 11.5 Å². The van der Waals surface area contributed by atoms with Gasteiger partial charge in [-0.05, 0) is 43.3 Å². The maximum Gasteiger partial charge on any atom is 0.279 e. The first kappa shape index (κ1) is 23.1. The van der Waals surface area contributed by atoms with Crippen molar-refractivity contribution >= 4 is 34.0 Å². The van der Waals surface area contributed by atoms with Crippen LogP contribution in [0.3, 0.4) is 0 Å². The van der Waals surface area contributed by atoms with Crippen LogP contribution in [0.2, 0.25) is 5.02 Å². The van der Waals surface area contributed by atoms with E-state index in [0.29, 0.717) is 51.0 Å². The van der Waals surface area contributed by atoms with Crippen molar-refractivity contribution in [2.24, 2.45) is 0 Å². The molecule has 0 saturated carbocycles. The average Bonchev–Trinajstić information content (AvgIpc) is 2.85. The van der Waals surface area contributed by atoms with Gasteiger partial charge in [0.1, 0.15) is 17.2 Å². The Bertz CT molecular complexity index is 1420. The molecule has 0 aliphatic rings. The first-order chi connectivity index (χ1) is 16.5. The summed E-state index contributed by atoms with van der Waals surface area (Å²) >= 11 is 6.24. The van der Waals surface area contributed by atoms with E-state index in [4.69, 9.17) is 25.8 Å². The van der Waals surface area contributed by atoms with E-state index in [0.717, 1.165) is 0 Å². The number of rotatable bonds is 7. The number of benzene rings is 3. The third-order valence-corrected chi connectivity index (χ3v) is 5.43. The third kappa shape index (κ3) is 4.40. The van der Waals surface area contributed by atoms with Crippen LogP contribution in [-0.4, -0.2) is 36.5 Å². The Hall–Kier alpha value is -4.04. The van der Waals surface area contributed by atoms with Gasteiger partial charge in [-0.25, -0.2) is 0 Å². The smallest absolute Gasteiger partial charge is 0.279 e. The molecule has 0 aliphatic carbocycles. The Morgan fingerprint density at radius 2 is 1.68 bits per heavy atom. The Balaban J connectivity index is 1.81. The van der Waals surface area contributed by atoms with Crippen molar-refractivity contribution in [3.8, 4) is 22.9 Å². The predicted molar refractivity (Wildman–Crippen MR) is 131 cm³/mol. The molecule has 9 heteroatoms. The van der Waals surface area contributed by atoms with Crippen molar-refractivity contribution in [3.63, 3.8) is 0 Å². The third-order valence-electron chi connectivity index (χ3n) is 5.13. The molecule has 1 amide bonds. The van der Waals surface area contributed by atoms with E-state index in [1.807, 2.05) is 6.92 Å². The lowest BCUT2D eigenvalue weighted by Gasteiger charge is -2.14. The molecule has 0 saturated heterocycles. The molecule has 4 rings (SSSR count). The lowest BCUT2D eigenvalue weighted by Crippen LogP contribution is -2.26. The standard InChI is InChI=1S/C25H22ClN3O5/c1-4-34-16-11-9-15(10-12-16)29-25(31)18-8-6-5-7-17(18)23(28-29)24(30)27-20-13-19(26)21(32-2)14-22(20)33-3/h5-14H,4H2,1-3H3,(H,27,30). The van der Waals surface area contributed by atoms with Gasteiger partial charge in [0.2, 0.25) is 0 Å². The number of fused-ring (bicyclic) bond motifs is 1. The Morgan fingerprint density at radius 3 is 2.32 bits per heavy atom. The second-order valence-corrected chi connectivity index (χ2v) is 7.59. The molecular formula is C25H22ClN3O5. The molecule has 0 aliphatic heterocycles. The monoisotopic (exact) mass is 479 g/mol. The number of carbonyl (C=O) groups excluding carboxylic acids is 1. The first-order valence-corrected chi connectivity index (χ1v) is 10.8. The molecular weight excluding hydrogens is 458 g/mol. The zero-order valence-corrected chi connectivity index (χ0v) is 19.6. The van der Waals surface area contributed by atoms with Crippen molar-refractivity contribution in [2.45, 2.75) is 6.92 Å². The number of hydrogen-bond donors (Lipinski definition) is 1. The second-order valence-electron chi connectivity index (χ2n) is 7.18. The highest BCUT2D eigenvalue weighted by Crippen LogP contribution is 2.36. The second kappa shape index (κ2) is 9.84. The fraction of sp³-hybridized carbons (Fsp3) is 0.160. The van der Waals surface area contributed by atoms with Gasteiger partial charge in [-0.15, -0.1) is 0 Å². The van der Waals surface area contributed by atoms with Gasteiger partial charge in [0.05, 0.1) is 42.6 Å². The summed E-state index contributed by atoms with van der Waals surface area (Å²) < 4.78 is 17.2. The predicted octanol–water partition coefficient (Wildman–Crippen LogP) is 4.71. The minimum Gasteiger partial charge on any atom is -0.495 e. The lowest BCUT2D eigenvalue weighted by molar-refractivity contribution is 0.102. The van der Waals surface area contributed by atoms with Gasteiger partial charge < -0.3 is 19.5 Å². The van der Waals surface area contributed by atoms with Gasteiger partial charge in [0.15, 0.2) is 5.69 Å². The van der Waals surface area contributed by atoms with Gasteiger partial charge in [0.25, 0.3) is 11.5 Å². The van der Waals surface area contributed by atoms with Crippen molar-refractivity contribution in [2.75, 3.05) is 26.1 Å². The highest BCUT2D eigenvalue weighted by molar-refractivity contribution is 6.32. The summed E-state index contributed by atoms with van der Waals surface area (Å²) in [6.07, 6.45) is 0. The molecule has 1 aromatic heterocycles. The van der Waals surface area contributed by atoms with Crippen LogP contribution in [0.4, 0.5) is 5.69 Å². The molecule has 0 radical (unpaired) electrons. The molecule has 0 bridgehead atoms. The van der Waals surface area contributed by atoms with Gasteiger partial charge in [-0.2, -0.15) is 9.78 Å². The molecule has 0 atom stereocenters. The number of ether oxygens (including phenoxy) is 3. The Morgan fingerprint density at radius 1 is 1.00 bits per heavy atom. The van der Waals surface area contributed by atoms with Crippen LogP contribution < -0.4 is 25.1 Å². The zero-order valence-electron chi connectivity index (χ0n) is 18.8. The summed E-state index contributed by atoms with van der Waals surface area (Å²) in [5.41, 5.74) is 0.556. The molecule has 34 heavy (non-hydrogen) atoms. The number of nitrogens with one attached hydrogen (secondary N) is 1. The van der Waals surface area contributed by atoms with E-state index >= 15 is 0 Å². The van der Waals surface area contributed by atoms with Crippen LogP contribution >= 0.6 is 11.6 Å². The van der Waals surface area contributed by atoms with E-state index in [-0.39, 0.29) is 11.3 Å². The number of aromatic nitrogens is 2. The molecule has 0 spiro atoms. The number of halogens is 1. The summed E-state index contributed by atoms with van der Waals surface area (Å²) in [4.78, 5) is 26.5. The van der Waals surface area contributed by atoms with Crippen molar-refractivity contribution < 1.29 is 19.0 Å². The highest BCUT2D eigenvalue weighted by atomic mass is 35.5. The Kier molecular flexibility index (Phi) is 6.70. The summed E-state index contributed by atoms with van der Waals surface area (Å²) in [6, 6.07) is 16.8. The maximum atomic E-state index is 13.4. The topological polar surface area (TPSA) is 91.7 Å². The van der Waals surface area contributed by atoms with E-state index in [2.05, 4.69) is 10.4 Å². The SMILES string of the molecule is CCOc1ccc(-n2nc(C(=O)Nc3cc(Cl)c(OC)cc3OC)c3ccccc3c2=O)cc1. The molecule has 1 heterocycles. The zero-order chi connectivity index (χ0) is 24.2. The highest BCUT2D eigenvalue weighted by Gasteiger charge is 2.20. The summed E-state index contributed by atoms with van der Waals surface area (Å²) in [5.74, 6) is 0.903. The molecule has 4 aromatic rings. The van der Waals surface area contributed by atoms with Gasteiger partial charge in [-0.3, -0.25) is 9.59 Å². The van der Waals surface area contributed by atoms with Gasteiger partial charge >= 0.3 is 0 Å². The maximum absolute atomic E-state index is 13.4. The summed E-state index contributed by atoms with van der Waals surface area (Å²) in [5, 5.41) is 8.27. The number of amides is 1. The van der Waals surface area contributed by atoms with Gasteiger partial charge in [-0.1, -0.05) is 29.8 Å². The van der Waals surface area contributed by atoms with Crippen molar-refractivity contribution in [3.05, 3.63) is 81.7 Å². The van der Waals surface area contributed by atoms with Crippen LogP contribution in [0.5, 0.6) is 17.2 Å². The number of anilines is 1. The minimum atomic E-state index is -0.532. The fourth-order valence-corrected chi connectivity index (χ4v) is 3.76. The fourth-order valence-electron chi connectivity index (χ4n) is 3.52. The Labute approximate surface area is 200 Å². The van der Waals surface area contributed by atoms with E-state index < -0.39 is 5.91 Å². The molecule has 3 aromatic carbocycles. The van der Waals surface area contributed by atoms with Crippen molar-refractivity contribution in [1.82, 2.24) is 9.78 Å². The molecule has 8 nitrogen and oxygen atoms in total. The average molecular weight is 480 g/mol. The number of methoxy groups -OCH3 is 2. The molecule has 174 valence electrons. The molecule has 0 unspecified atom stereocenters. The molecule has 0 fully saturated rings. The van der Waals surface area contributed by atoms with Crippen LogP contribution in [0.25, 0.3) is 16.5 Å². The van der Waals surface area contributed by atoms with Crippen LogP contribution in [-0.2, 0) is 0 Å². The molecule has 1 N–H and O–H groups in total. The number of hydrogen-bond acceptors (Lipinski definition) is 6. The summed E-state index contributed by atoms with van der Waals surface area (Å²) in [7, 11) is 2.96. The number of carbonyl (C=O) groups is 1. The van der Waals surface area contributed by atoms with E-state index in [1.165, 1.54) is 25.0 Å². The van der Waals surface area contributed by atoms with Crippen molar-refractivity contribution in [1.29, 1.82) is 0 Å². The van der Waals surface area contributed by atoms with E-state index in [1.54, 1.807) is 54.6 Å². The van der Waals surface area contributed by atoms with E-state index in [9.17, 15) is 9.59 Å². The lowest BCUT2D eigenvalue weighted by atomic mass is 10.1. The normalized spacial score (nSPS) is 10.7.